The van der Waals surface area contributed by atoms with E-state index in [1.54, 1.807) is 0 Å². The fraction of sp³-hybridized carbons (Fsp3) is 0.562. The number of benzene rings is 1. The minimum atomic E-state index is 0.299. The Labute approximate surface area is 111 Å². The highest BCUT2D eigenvalue weighted by Gasteiger charge is 2.03. The van der Waals surface area contributed by atoms with Gasteiger partial charge in [0.05, 0.1) is 24.3 Å². The highest BCUT2D eigenvalue weighted by atomic mass is 16.5. The molecule has 0 fully saturated rings. The van der Waals surface area contributed by atoms with Crippen LogP contribution in [0.4, 0.5) is 0 Å². The summed E-state index contributed by atoms with van der Waals surface area (Å²) in [5, 5.41) is 8.82. The van der Waals surface area contributed by atoms with Crippen LogP contribution in [-0.4, -0.2) is 6.10 Å². The summed E-state index contributed by atoms with van der Waals surface area (Å²) in [6.45, 7) is 4.95. The van der Waals surface area contributed by atoms with Crippen LogP contribution in [0.3, 0.4) is 0 Å². The first-order valence-electron chi connectivity index (χ1n) is 6.87. The van der Waals surface area contributed by atoms with E-state index in [9.17, 15) is 0 Å². The number of hydrogen-bond acceptors (Lipinski definition) is 2. The molecule has 0 radical (unpaired) electrons. The summed E-state index contributed by atoms with van der Waals surface area (Å²) in [6, 6.07) is 9.77. The average molecular weight is 245 g/mol. The summed E-state index contributed by atoms with van der Waals surface area (Å²) in [7, 11) is 0. The van der Waals surface area contributed by atoms with Crippen LogP contribution in [0.2, 0.25) is 0 Å². The quantitative estimate of drug-likeness (QED) is 0.634. The Hall–Kier alpha value is -1.33. The van der Waals surface area contributed by atoms with Gasteiger partial charge in [-0.25, -0.2) is 0 Å². The molecule has 0 saturated carbocycles. The molecule has 0 aliphatic carbocycles. The summed E-state index contributed by atoms with van der Waals surface area (Å²) in [6.07, 6.45) is 6.56. The van der Waals surface area contributed by atoms with Crippen molar-refractivity contribution in [3.05, 3.63) is 35.4 Å². The molecule has 0 aliphatic rings. The average Bonchev–Trinajstić information content (AvgIpc) is 2.41. The second-order valence-corrected chi connectivity index (χ2v) is 4.78. The number of unbranched alkanes of at least 4 members (excludes halogenated alkanes) is 3. The van der Waals surface area contributed by atoms with Crippen molar-refractivity contribution in [3.63, 3.8) is 0 Å². The first-order valence-corrected chi connectivity index (χ1v) is 6.87. The maximum absolute atomic E-state index is 8.82. The smallest absolute Gasteiger partial charge is 0.0991 e. The van der Waals surface area contributed by atoms with Crippen molar-refractivity contribution in [1.29, 1.82) is 5.26 Å². The first kappa shape index (κ1) is 14.7. The van der Waals surface area contributed by atoms with Gasteiger partial charge in [0.2, 0.25) is 0 Å². The maximum atomic E-state index is 8.82. The van der Waals surface area contributed by atoms with Crippen molar-refractivity contribution < 1.29 is 4.74 Å². The molecule has 0 aromatic heterocycles. The highest BCUT2D eigenvalue weighted by molar-refractivity contribution is 5.32. The van der Waals surface area contributed by atoms with E-state index in [-0.39, 0.29) is 0 Å². The van der Waals surface area contributed by atoms with E-state index < -0.39 is 0 Å². The number of rotatable bonds is 8. The van der Waals surface area contributed by atoms with Gasteiger partial charge in [-0.1, -0.05) is 44.7 Å². The molecule has 1 atom stereocenters. The fourth-order valence-corrected chi connectivity index (χ4v) is 1.91. The van der Waals surface area contributed by atoms with Crippen molar-refractivity contribution in [2.24, 2.45) is 0 Å². The molecule has 2 nitrogen and oxygen atoms in total. The molecule has 1 aromatic rings. The van der Waals surface area contributed by atoms with Gasteiger partial charge in [-0.2, -0.15) is 5.26 Å². The van der Waals surface area contributed by atoms with Crippen LogP contribution in [0.5, 0.6) is 0 Å². The van der Waals surface area contributed by atoms with Crippen molar-refractivity contribution in [2.75, 3.05) is 0 Å². The molecule has 1 rings (SSSR count). The Morgan fingerprint density at radius 3 is 2.83 bits per heavy atom. The van der Waals surface area contributed by atoms with E-state index in [0.717, 1.165) is 12.0 Å². The Kier molecular flexibility index (Phi) is 7.13. The van der Waals surface area contributed by atoms with Gasteiger partial charge >= 0.3 is 0 Å². The Morgan fingerprint density at radius 1 is 1.28 bits per heavy atom. The van der Waals surface area contributed by atoms with Crippen molar-refractivity contribution in [1.82, 2.24) is 0 Å². The summed E-state index contributed by atoms with van der Waals surface area (Å²) >= 11 is 0. The van der Waals surface area contributed by atoms with Gasteiger partial charge in [-0.15, -0.1) is 0 Å². The molecule has 1 unspecified atom stereocenters. The predicted molar refractivity (Wildman–Crippen MR) is 74.2 cm³/mol. The summed E-state index contributed by atoms with van der Waals surface area (Å²) < 4.78 is 5.80. The molecule has 0 aliphatic heterocycles. The van der Waals surface area contributed by atoms with Crippen LogP contribution >= 0.6 is 0 Å². The standard InChI is InChI=1S/C16H23NO/c1-3-4-5-6-8-14(2)18-13-16-10-7-9-15(11-16)12-17/h7,9-11,14H,3-6,8,13H2,1-2H3. The lowest BCUT2D eigenvalue weighted by Gasteiger charge is -2.13. The molecule has 0 heterocycles. The molecular formula is C16H23NO. The first-order chi connectivity index (χ1) is 8.76. The third kappa shape index (κ3) is 5.84. The molecule has 2 heteroatoms. The fourth-order valence-electron chi connectivity index (χ4n) is 1.91. The molecule has 0 saturated heterocycles. The second-order valence-electron chi connectivity index (χ2n) is 4.78. The molecule has 0 N–H and O–H groups in total. The predicted octanol–water partition coefficient (Wildman–Crippen LogP) is 4.43. The second kappa shape index (κ2) is 8.72. The van der Waals surface area contributed by atoms with Crippen LogP contribution < -0.4 is 0 Å². The largest absolute Gasteiger partial charge is 0.374 e. The molecular weight excluding hydrogens is 222 g/mol. The third-order valence-corrected chi connectivity index (χ3v) is 3.05. The number of nitriles is 1. The summed E-state index contributed by atoms with van der Waals surface area (Å²) in [5.41, 5.74) is 1.78. The topological polar surface area (TPSA) is 33.0 Å². The molecule has 18 heavy (non-hydrogen) atoms. The molecule has 1 aromatic carbocycles. The van der Waals surface area contributed by atoms with Crippen molar-refractivity contribution in [3.8, 4) is 6.07 Å². The zero-order valence-electron chi connectivity index (χ0n) is 11.5. The van der Waals surface area contributed by atoms with E-state index in [2.05, 4.69) is 19.9 Å². The van der Waals surface area contributed by atoms with E-state index >= 15 is 0 Å². The number of hydrogen-bond donors (Lipinski definition) is 0. The zero-order valence-corrected chi connectivity index (χ0v) is 11.5. The Balaban J connectivity index is 2.25. The van der Waals surface area contributed by atoms with Gasteiger partial charge in [-0.05, 0) is 31.0 Å². The molecule has 0 amide bonds. The SMILES string of the molecule is CCCCCCC(C)OCc1cccc(C#N)c1. The van der Waals surface area contributed by atoms with Crippen molar-refractivity contribution >= 4 is 0 Å². The van der Waals surface area contributed by atoms with Crippen LogP contribution in [0.1, 0.15) is 57.1 Å². The summed E-state index contributed by atoms with van der Waals surface area (Å²) in [4.78, 5) is 0. The minimum Gasteiger partial charge on any atom is -0.374 e. The Bertz CT molecular complexity index is 381. The van der Waals surface area contributed by atoms with E-state index in [1.807, 2.05) is 24.3 Å². The Morgan fingerprint density at radius 2 is 2.11 bits per heavy atom. The van der Waals surface area contributed by atoms with Crippen molar-refractivity contribution in [2.45, 2.75) is 58.7 Å². The van der Waals surface area contributed by atoms with Crippen LogP contribution in [0.15, 0.2) is 24.3 Å². The van der Waals surface area contributed by atoms with E-state index in [4.69, 9.17) is 10.00 Å². The van der Waals surface area contributed by atoms with Gasteiger partial charge in [0, 0.05) is 0 Å². The van der Waals surface area contributed by atoms with Gasteiger partial charge in [-0.3, -0.25) is 0 Å². The minimum absolute atomic E-state index is 0.299. The molecule has 0 spiro atoms. The number of nitrogens with zero attached hydrogens (tertiary/aromatic N) is 1. The normalized spacial score (nSPS) is 12.1. The zero-order chi connectivity index (χ0) is 13.2. The van der Waals surface area contributed by atoms with Crippen LogP contribution in [0, 0.1) is 11.3 Å². The van der Waals surface area contributed by atoms with E-state index in [1.165, 1.54) is 25.7 Å². The van der Waals surface area contributed by atoms with Gasteiger partial charge in [0.1, 0.15) is 0 Å². The van der Waals surface area contributed by atoms with Crippen LogP contribution in [0.25, 0.3) is 0 Å². The van der Waals surface area contributed by atoms with Gasteiger partial charge < -0.3 is 4.74 Å². The highest BCUT2D eigenvalue weighted by Crippen LogP contribution is 2.11. The number of ether oxygens (including phenoxy) is 1. The monoisotopic (exact) mass is 245 g/mol. The molecule has 98 valence electrons. The lowest BCUT2D eigenvalue weighted by molar-refractivity contribution is 0.0459. The third-order valence-electron chi connectivity index (χ3n) is 3.05. The lowest BCUT2D eigenvalue weighted by Crippen LogP contribution is -2.08. The summed E-state index contributed by atoms with van der Waals surface area (Å²) in [5.74, 6) is 0. The van der Waals surface area contributed by atoms with Gasteiger partial charge in [0.15, 0.2) is 0 Å². The molecule has 0 bridgehead atoms. The van der Waals surface area contributed by atoms with Crippen LogP contribution in [-0.2, 0) is 11.3 Å². The van der Waals surface area contributed by atoms with E-state index in [0.29, 0.717) is 18.3 Å². The lowest BCUT2D eigenvalue weighted by atomic mass is 10.1. The van der Waals surface area contributed by atoms with Gasteiger partial charge in [0.25, 0.3) is 0 Å². The maximum Gasteiger partial charge on any atom is 0.0991 e.